The highest BCUT2D eigenvalue weighted by molar-refractivity contribution is 7.85. The maximum Gasteiger partial charge on any atom is 0.294 e. The predicted molar refractivity (Wildman–Crippen MR) is 94.9 cm³/mol. The number of rotatable bonds is 5. The molecule has 1 fully saturated rings. The molecule has 1 aliphatic heterocycles. The molecule has 0 saturated carbocycles. The van der Waals surface area contributed by atoms with Crippen LogP contribution < -0.4 is 11.1 Å². The van der Waals surface area contributed by atoms with Gasteiger partial charge in [0.15, 0.2) is 6.04 Å². The van der Waals surface area contributed by atoms with Crippen molar-refractivity contribution in [2.75, 3.05) is 39.4 Å². The molecule has 10 heteroatoms. The van der Waals surface area contributed by atoms with E-state index in [1.54, 1.807) is 18.2 Å². The number of amides is 1. The first kappa shape index (κ1) is 22.0. The minimum atomic E-state index is -4.02. The summed E-state index contributed by atoms with van der Waals surface area (Å²) in [6.45, 7) is 6.40. The molecule has 1 amide bonds. The van der Waals surface area contributed by atoms with Gasteiger partial charge >= 0.3 is 0 Å². The van der Waals surface area contributed by atoms with Crippen molar-refractivity contribution in [2.24, 2.45) is 5.73 Å². The van der Waals surface area contributed by atoms with Gasteiger partial charge in [0.05, 0.1) is 24.2 Å². The molecule has 1 unspecified atom stereocenters. The fraction of sp³-hybridized carbons (Fsp3) is 0.500. The third-order valence-corrected chi connectivity index (χ3v) is 4.44. The molecular formula is C16H24N4O5S. The molecule has 4 N–H and O–H groups in total. The number of benzene rings is 1. The Kier molecular flexibility index (Phi) is 9.18. The molecular weight excluding hydrogens is 360 g/mol. The fourth-order valence-electron chi connectivity index (χ4n) is 2.04. The Balaban J connectivity index is 0.000000273. The van der Waals surface area contributed by atoms with Crippen LogP contribution in [-0.4, -0.2) is 69.2 Å². The monoisotopic (exact) mass is 384 g/mol. The van der Waals surface area contributed by atoms with Crippen molar-refractivity contribution in [1.29, 1.82) is 5.26 Å². The van der Waals surface area contributed by atoms with Crippen LogP contribution in [0, 0.1) is 18.3 Å². The quantitative estimate of drug-likeness (QED) is 0.577. The van der Waals surface area contributed by atoms with E-state index >= 15 is 0 Å². The summed E-state index contributed by atoms with van der Waals surface area (Å²) >= 11 is 0. The molecule has 144 valence electrons. The van der Waals surface area contributed by atoms with Gasteiger partial charge in [0, 0.05) is 26.2 Å². The molecule has 1 aliphatic rings. The molecule has 9 nitrogen and oxygen atoms in total. The Morgan fingerprint density at radius 1 is 1.38 bits per heavy atom. The maximum atomic E-state index is 11.1. The summed E-state index contributed by atoms with van der Waals surface area (Å²) in [4.78, 5) is 13.2. The highest BCUT2D eigenvalue weighted by Gasteiger charge is 2.13. The zero-order chi connectivity index (χ0) is 19.6. The number of hydrogen-bond donors (Lipinski definition) is 3. The topological polar surface area (TPSA) is 146 Å². The third kappa shape index (κ3) is 8.37. The standard InChI is InChI=1S/C9H16N4O2.C7H8O3S/c10-7-8(11)9(14)12-1-2-13-3-5-15-6-4-13;1-6-2-4-7(5-3-6)11(8,9)10/h8H,1-6,11H2,(H,12,14);2-5H,1H3,(H,8,9,10). The number of nitrogens with zero attached hydrogens (tertiary/aromatic N) is 2. The number of hydrogen-bond acceptors (Lipinski definition) is 7. The molecule has 0 bridgehead atoms. The van der Waals surface area contributed by atoms with Crippen molar-refractivity contribution in [3.63, 3.8) is 0 Å². The highest BCUT2D eigenvalue weighted by atomic mass is 32.2. The molecule has 1 aromatic carbocycles. The van der Waals surface area contributed by atoms with Gasteiger partial charge in [-0.25, -0.2) is 0 Å². The zero-order valence-electron chi connectivity index (χ0n) is 14.6. The second-order valence-corrected chi connectivity index (χ2v) is 7.06. The molecule has 0 aliphatic carbocycles. The van der Waals surface area contributed by atoms with E-state index in [0.29, 0.717) is 6.54 Å². The first-order valence-corrected chi connectivity index (χ1v) is 9.45. The zero-order valence-corrected chi connectivity index (χ0v) is 15.4. The van der Waals surface area contributed by atoms with E-state index in [1.165, 1.54) is 12.1 Å². The van der Waals surface area contributed by atoms with Crippen LogP contribution >= 0.6 is 0 Å². The number of morpholine rings is 1. The first-order valence-electron chi connectivity index (χ1n) is 8.01. The minimum Gasteiger partial charge on any atom is -0.379 e. The molecule has 0 radical (unpaired) electrons. The summed E-state index contributed by atoms with van der Waals surface area (Å²) < 4.78 is 34.7. The van der Waals surface area contributed by atoms with Crippen LogP contribution in [0.2, 0.25) is 0 Å². The molecule has 1 aromatic rings. The number of nitrogens with two attached hydrogens (primary N) is 1. The van der Waals surface area contributed by atoms with Crippen molar-refractivity contribution >= 4 is 16.0 Å². The lowest BCUT2D eigenvalue weighted by atomic mass is 10.2. The van der Waals surface area contributed by atoms with Gasteiger partial charge in [-0.3, -0.25) is 14.2 Å². The van der Waals surface area contributed by atoms with E-state index < -0.39 is 22.1 Å². The molecule has 0 aromatic heterocycles. The number of nitrogens with one attached hydrogen (secondary N) is 1. The van der Waals surface area contributed by atoms with Gasteiger partial charge in [-0.1, -0.05) is 17.7 Å². The van der Waals surface area contributed by atoms with Crippen LogP contribution in [0.5, 0.6) is 0 Å². The van der Waals surface area contributed by atoms with Crippen LogP contribution in [0.25, 0.3) is 0 Å². The largest absolute Gasteiger partial charge is 0.379 e. The summed E-state index contributed by atoms with van der Waals surface area (Å²) in [6.07, 6.45) is 0. The molecule has 2 rings (SSSR count). The van der Waals surface area contributed by atoms with Crippen molar-refractivity contribution in [3.8, 4) is 6.07 Å². The van der Waals surface area contributed by atoms with Crippen LogP contribution in [0.15, 0.2) is 29.2 Å². The Labute approximate surface area is 153 Å². The lowest BCUT2D eigenvalue weighted by Gasteiger charge is -2.26. The number of carbonyl (C=O) groups excluding carboxylic acids is 1. The van der Waals surface area contributed by atoms with Crippen molar-refractivity contribution < 1.29 is 22.5 Å². The average Bonchev–Trinajstić information content (AvgIpc) is 2.62. The van der Waals surface area contributed by atoms with E-state index in [9.17, 15) is 13.2 Å². The lowest BCUT2D eigenvalue weighted by Crippen LogP contribution is -2.45. The van der Waals surface area contributed by atoms with Crippen LogP contribution in [0.4, 0.5) is 0 Å². The van der Waals surface area contributed by atoms with Crippen LogP contribution in [0.1, 0.15) is 5.56 Å². The maximum absolute atomic E-state index is 11.1. The van der Waals surface area contributed by atoms with Gasteiger partial charge < -0.3 is 15.8 Å². The van der Waals surface area contributed by atoms with E-state index in [0.717, 1.165) is 38.4 Å². The Morgan fingerprint density at radius 2 is 1.96 bits per heavy atom. The Hall–Kier alpha value is -2.03. The van der Waals surface area contributed by atoms with Gasteiger partial charge in [0.25, 0.3) is 16.0 Å². The van der Waals surface area contributed by atoms with E-state index in [4.69, 9.17) is 20.3 Å². The summed E-state index contributed by atoms with van der Waals surface area (Å²) in [6, 6.07) is 6.61. The summed E-state index contributed by atoms with van der Waals surface area (Å²) in [7, 11) is -4.02. The fourth-order valence-corrected chi connectivity index (χ4v) is 2.52. The summed E-state index contributed by atoms with van der Waals surface area (Å²) in [5.74, 6) is -0.411. The Morgan fingerprint density at radius 3 is 2.46 bits per heavy atom. The van der Waals surface area contributed by atoms with Gasteiger partial charge in [-0.15, -0.1) is 0 Å². The van der Waals surface area contributed by atoms with E-state index in [2.05, 4.69) is 10.2 Å². The molecule has 0 spiro atoms. The molecule has 26 heavy (non-hydrogen) atoms. The van der Waals surface area contributed by atoms with Crippen molar-refractivity contribution in [1.82, 2.24) is 10.2 Å². The number of ether oxygens (including phenoxy) is 1. The van der Waals surface area contributed by atoms with E-state index in [-0.39, 0.29) is 4.90 Å². The van der Waals surface area contributed by atoms with Crippen LogP contribution in [-0.2, 0) is 19.6 Å². The average molecular weight is 384 g/mol. The van der Waals surface area contributed by atoms with Crippen LogP contribution in [0.3, 0.4) is 0 Å². The van der Waals surface area contributed by atoms with E-state index in [1.807, 2.05) is 6.92 Å². The second-order valence-electron chi connectivity index (χ2n) is 5.64. The Bertz CT molecular complexity index is 709. The summed E-state index contributed by atoms with van der Waals surface area (Å²) in [5, 5.41) is 11.0. The highest BCUT2D eigenvalue weighted by Crippen LogP contribution is 2.08. The lowest BCUT2D eigenvalue weighted by molar-refractivity contribution is -0.121. The smallest absolute Gasteiger partial charge is 0.294 e. The normalized spacial score (nSPS) is 15.9. The molecule has 1 atom stereocenters. The molecule has 1 heterocycles. The van der Waals surface area contributed by atoms with Crippen molar-refractivity contribution in [3.05, 3.63) is 29.8 Å². The number of aryl methyl sites for hydroxylation is 1. The SMILES string of the molecule is Cc1ccc(S(=O)(=O)O)cc1.N#CC(N)C(=O)NCCN1CCOCC1. The third-order valence-electron chi connectivity index (χ3n) is 3.57. The minimum absolute atomic E-state index is 0.0666. The van der Waals surface area contributed by atoms with Gasteiger partial charge in [-0.2, -0.15) is 13.7 Å². The van der Waals surface area contributed by atoms with Gasteiger partial charge in [0.2, 0.25) is 0 Å². The summed E-state index contributed by atoms with van der Waals surface area (Å²) in [5.41, 5.74) is 6.18. The predicted octanol–water partition coefficient (Wildman–Crippen LogP) is -0.473. The van der Waals surface area contributed by atoms with Gasteiger partial charge in [-0.05, 0) is 19.1 Å². The first-order chi connectivity index (χ1) is 12.2. The van der Waals surface area contributed by atoms with Crippen molar-refractivity contribution in [2.45, 2.75) is 17.9 Å². The molecule has 1 saturated heterocycles. The van der Waals surface area contributed by atoms with Gasteiger partial charge in [0.1, 0.15) is 0 Å². The second kappa shape index (κ2) is 10.8. The number of nitriles is 1. The number of carbonyl (C=O) groups is 1.